The van der Waals surface area contributed by atoms with Gasteiger partial charge >= 0.3 is 11.7 Å². The van der Waals surface area contributed by atoms with E-state index in [4.69, 9.17) is 9.47 Å². The number of ether oxygens (including phenoxy) is 2. The van der Waals surface area contributed by atoms with Crippen molar-refractivity contribution in [1.29, 1.82) is 0 Å². The van der Waals surface area contributed by atoms with Crippen LogP contribution in [0.1, 0.15) is 55.8 Å². The van der Waals surface area contributed by atoms with Crippen molar-refractivity contribution in [2.24, 2.45) is 0 Å². The van der Waals surface area contributed by atoms with Gasteiger partial charge in [-0.3, -0.25) is 4.57 Å². The minimum atomic E-state index is -1.10. The fourth-order valence-electron chi connectivity index (χ4n) is 3.79. The van der Waals surface area contributed by atoms with E-state index in [1.54, 1.807) is 25.3 Å². The highest BCUT2D eigenvalue weighted by Crippen LogP contribution is 2.29. The highest BCUT2D eigenvalue weighted by molar-refractivity contribution is 5.79. The van der Waals surface area contributed by atoms with Gasteiger partial charge in [-0.1, -0.05) is 31.2 Å². The Balaban J connectivity index is 1.88. The molecule has 0 fully saturated rings. The van der Waals surface area contributed by atoms with E-state index < -0.39 is 11.6 Å². The molecule has 0 atom stereocenters. The number of carbonyl (C=O) groups is 1. The Morgan fingerprint density at radius 2 is 1.61 bits per heavy atom. The number of rotatable bonds is 8. The van der Waals surface area contributed by atoms with Crippen molar-refractivity contribution in [3.05, 3.63) is 75.0 Å². The molecule has 0 amide bonds. The first-order valence-electron chi connectivity index (χ1n) is 11.3. The molecule has 0 saturated heterocycles. The zero-order valence-electron chi connectivity index (χ0n) is 20.6. The van der Waals surface area contributed by atoms with Crippen LogP contribution >= 0.6 is 0 Å². The van der Waals surface area contributed by atoms with Gasteiger partial charge in [0.15, 0.2) is 5.60 Å². The minimum Gasteiger partial charge on any atom is -0.476 e. The number of aromatic nitrogens is 3. The molecule has 1 heterocycles. The summed E-state index contributed by atoms with van der Waals surface area (Å²) < 4.78 is 14.3. The lowest BCUT2D eigenvalue weighted by Crippen LogP contribution is -2.40. The Kier molecular flexibility index (Phi) is 7.10. The fraction of sp³-hybridized carbons (Fsp3) is 0.423. The maximum atomic E-state index is 13.1. The molecule has 0 unspecified atom stereocenters. The molecule has 0 spiro atoms. The van der Waals surface area contributed by atoms with E-state index in [1.807, 2.05) is 57.2 Å². The van der Waals surface area contributed by atoms with Crippen molar-refractivity contribution in [3.63, 3.8) is 0 Å². The molecule has 33 heavy (non-hydrogen) atoms. The van der Waals surface area contributed by atoms with Crippen molar-refractivity contribution in [2.75, 3.05) is 6.61 Å². The first kappa shape index (κ1) is 24.3. The molecule has 0 aliphatic rings. The lowest BCUT2D eigenvalue weighted by Gasteiger charge is -2.26. The quantitative estimate of drug-likeness (QED) is 0.478. The largest absolute Gasteiger partial charge is 0.476 e. The molecule has 0 aliphatic carbocycles. The van der Waals surface area contributed by atoms with Crippen molar-refractivity contribution in [3.8, 4) is 11.4 Å². The summed E-state index contributed by atoms with van der Waals surface area (Å²) in [6, 6.07) is 11.8. The second-order valence-corrected chi connectivity index (χ2v) is 8.74. The van der Waals surface area contributed by atoms with Crippen LogP contribution in [0.2, 0.25) is 0 Å². The van der Waals surface area contributed by atoms with Crippen molar-refractivity contribution in [2.45, 2.75) is 67.0 Å². The van der Waals surface area contributed by atoms with E-state index in [-0.39, 0.29) is 5.69 Å². The number of carbonyl (C=O) groups excluding carboxylic acids is 1. The number of benzene rings is 2. The van der Waals surface area contributed by atoms with Gasteiger partial charge < -0.3 is 9.47 Å². The molecule has 1 aromatic heterocycles. The monoisotopic (exact) mass is 451 g/mol. The zero-order chi connectivity index (χ0) is 24.3. The van der Waals surface area contributed by atoms with Gasteiger partial charge in [0, 0.05) is 0 Å². The Bertz CT molecular complexity index is 1180. The molecule has 0 N–H and O–H groups in total. The lowest BCUT2D eigenvalue weighted by molar-refractivity contribution is -0.158. The number of nitrogens with zero attached hydrogens (tertiary/aromatic N) is 3. The number of aryl methyl sites for hydroxylation is 4. The summed E-state index contributed by atoms with van der Waals surface area (Å²) in [4.78, 5) is 25.3. The zero-order valence-corrected chi connectivity index (χ0v) is 20.6. The van der Waals surface area contributed by atoms with Crippen molar-refractivity contribution < 1.29 is 14.3 Å². The van der Waals surface area contributed by atoms with Crippen LogP contribution in [0.3, 0.4) is 0 Å². The van der Waals surface area contributed by atoms with Gasteiger partial charge in [-0.2, -0.15) is 9.78 Å². The predicted molar refractivity (Wildman–Crippen MR) is 128 cm³/mol. The standard InChI is InChI=1S/C26H33N3O4/c1-8-20-10-12-22(13-11-20)29-25(31)28(19(5)27-29)16-21-14-17(3)23(18(4)15-21)33-26(6,7)24(30)32-9-2/h10-15H,8-9,16H2,1-7H3. The van der Waals surface area contributed by atoms with E-state index in [0.717, 1.165) is 28.8 Å². The van der Waals surface area contributed by atoms with Gasteiger partial charge in [0.05, 0.1) is 18.8 Å². The Morgan fingerprint density at radius 1 is 1.00 bits per heavy atom. The van der Waals surface area contributed by atoms with Crippen LogP contribution in [0.4, 0.5) is 0 Å². The van der Waals surface area contributed by atoms with Gasteiger partial charge in [-0.25, -0.2) is 9.59 Å². The van der Waals surface area contributed by atoms with Crippen LogP contribution in [0.5, 0.6) is 5.75 Å². The van der Waals surface area contributed by atoms with Crippen LogP contribution < -0.4 is 10.4 Å². The van der Waals surface area contributed by atoms with Gasteiger partial charge in [0.25, 0.3) is 0 Å². The molecule has 3 rings (SSSR count). The molecule has 0 aliphatic heterocycles. The lowest BCUT2D eigenvalue weighted by atomic mass is 10.0. The molecule has 0 bridgehead atoms. The highest BCUT2D eigenvalue weighted by Gasteiger charge is 2.32. The third kappa shape index (κ3) is 5.18. The van der Waals surface area contributed by atoms with Gasteiger partial charge in [-0.15, -0.1) is 0 Å². The van der Waals surface area contributed by atoms with Crippen LogP contribution in [0, 0.1) is 20.8 Å². The summed E-state index contributed by atoms with van der Waals surface area (Å²) >= 11 is 0. The number of esters is 1. The van der Waals surface area contributed by atoms with Crippen LogP contribution in [0.25, 0.3) is 5.69 Å². The van der Waals surface area contributed by atoms with E-state index in [1.165, 1.54) is 10.2 Å². The van der Waals surface area contributed by atoms with Crippen LogP contribution in [0.15, 0.2) is 41.2 Å². The molecule has 0 radical (unpaired) electrons. The molecule has 2 aromatic carbocycles. The van der Waals surface area contributed by atoms with Crippen LogP contribution in [-0.2, 0) is 22.5 Å². The summed E-state index contributed by atoms with van der Waals surface area (Å²) in [5, 5.41) is 4.47. The topological polar surface area (TPSA) is 75.3 Å². The fourth-order valence-corrected chi connectivity index (χ4v) is 3.79. The summed E-state index contributed by atoms with van der Waals surface area (Å²) in [6.07, 6.45) is 0.942. The summed E-state index contributed by atoms with van der Waals surface area (Å²) in [6.45, 7) is 13.6. The molecule has 7 nitrogen and oxygen atoms in total. The second-order valence-electron chi connectivity index (χ2n) is 8.74. The predicted octanol–water partition coefficient (Wildman–Crippen LogP) is 4.29. The Labute approximate surface area is 195 Å². The normalized spacial score (nSPS) is 11.5. The van der Waals surface area contributed by atoms with E-state index in [9.17, 15) is 9.59 Å². The van der Waals surface area contributed by atoms with Crippen molar-refractivity contribution in [1.82, 2.24) is 14.3 Å². The van der Waals surface area contributed by atoms with Crippen molar-refractivity contribution >= 4 is 5.97 Å². The Hall–Kier alpha value is -3.35. The Morgan fingerprint density at radius 3 is 2.15 bits per heavy atom. The van der Waals surface area contributed by atoms with Gasteiger partial charge in [-0.05, 0) is 82.3 Å². The molecule has 0 saturated carbocycles. The molecular weight excluding hydrogens is 418 g/mol. The smallest absolute Gasteiger partial charge is 0.351 e. The van der Waals surface area contributed by atoms with Crippen LogP contribution in [-0.4, -0.2) is 32.5 Å². The summed E-state index contributed by atoms with van der Waals surface area (Å²) in [5.74, 6) is 0.876. The first-order chi connectivity index (χ1) is 15.6. The van der Waals surface area contributed by atoms with E-state index in [2.05, 4.69) is 12.0 Å². The first-order valence-corrected chi connectivity index (χ1v) is 11.3. The van der Waals surface area contributed by atoms with Gasteiger partial charge in [0.1, 0.15) is 11.6 Å². The second kappa shape index (κ2) is 9.65. The summed E-state index contributed by atoms with van der Waals surface area (Å²) in [7, 11) is 0. The van der Waals surface area contributed by atoms with E-state index in [0.29, 0.717) is 24.7 Å². The number of hydrogen-bond acceptors (Lipinski definition) is 5. The van der Waals surface area contributed by atoms with Gasteiger partial charge in [0.2, 0.25) is 0 Å². The number of hydrogen-bond donors (Lipinski definition) is 0. The minimum absolute atomic E-state index is 0.184. The highest BCUT2D eigenvalue weighted by atomic mass is 16.6. The average molecular weight is 452 g/mol. The summed E-state index contributed by atoms with van der Waals surface area (Å²) in [5.41, 5.74) is 3.40. The molecule has 7 heteroatoms. The molecule has 176 valence electrons. The third-order valence-corrected chi connectivity index (χ3v) is 5.62. The maximum absolute atomic E-state index is 13.1. The average Bonchev–Trinajstić information content (AvgIpc) is 3.05. The maximum Gasteiger partial charge on any atom is 0.351 e. The SMILES string of the molecule is CCOC(=O)C(C)(C)Oc1c(C)cc(Cn2c(C)nn(-c3ccc(CC)cc3)c2=O)cc1C. The molecule has 3 aromatic rings. The molecular formula is C26H33N3O4. The third-order valence-electron chi connectivity index (χ3n) is 5.62. The van der Waals surface area contributed by atoms with E-state index >= 15 is 0 Å².